The number of nitrogens with zero attached hydrogens (tertiary/aromatic N) is 5. The van der Waals surface area contributed by atoms with E-state index in [1.807, 2.05) is 30.5 Å². The van der Waals surface area contributed by atoms with Crippen LogP contribution in [0.1, 0.15) is 28.8 Å². The summed E-state index contributed by atoms with van der Waals surface area (Å²) in [6.45, 7) is 0.949. The van der Waals surface area contributed by atoms with Crippen LogP contribution in [0.2, 0.25) is 0 Å². The number of aromatic nitrogens is 4. The third kappa shape index (κ3) is 5.00. The quantitative estimate of drug-likeness (QED) is 0.645. The van der Waals surface area contributed by atoms with Gasteiger partial charge in [-0.25, -0.2) is 4.68 Å². The molecule has 1 amide bonds. The van der Waals surface area contributed by atoms with Crippen molar-refractivity contribution in [3.05, 3.63) is 66.1 Å². The standard InChI is InChI=1S/C20H21N5O3/c1-24(12-2-3-19(26)27)20(28)17-6-4-15(5-7-17)13-25-14-18(22-23-25)16-8-10-21-11-9-16/h4-11,14H,2-3,12-13H2,1H3,(H,26,27). The van der Waals surface area contributed by atoms with E-state index in [9.17, 15) is 9.59 Å². The minimum Gasteiger partial charge on any atom is -0.481 e. The Morgan fingerprint density at radius 2 is 1.82 bits per heavy atom. The number of rotatable bonds is 8. The summed E-state index contributed by atoms with van der Waals surface area (Å²) in [5.41, 5.74) is 3.29. The highest BCUT2D eigenvalue weighted by atomic mass is 16.4. The first kappa shape index (κ1) is 19.2. The lowest BCUT2D eigenvalue weighted by Gasteiger charge is -2.16. The van der Waals surface area contributed by atoms with Gasteiger partial charge in [-0.15, -0.1) is 5.10 Å². The van der Waals surface area contributed by atoms with Crippen molar-refractivity contribution >= 4 is 11.9 Å². The van der Waals surface area contributed by atoms with Gasteiger partial charge >= 0.3 is 5.97 Å². The first-order chi connectivity index (χ1) is 13.5. The molecule has 8 heteroatoms. The molecule has 0 aliphatic carbocycles. The second-order valence-electron chi connectivity index (χ2n) is 6.46. The third-order valence-electron chi connectivity index (χ3n) is 4.29. The molecule has 28 heavy (non-hydrogen) atoms. The Bertz CT molecular complexity index is 938. The summed E-state index contributed by atoms with van der Waals surface area (Å²) in [7, 11) is 1.67. The third-order valence-corrected chi connectivity index (χ3v) is 4.29. The van der Waals surface area contributed by atoms with E-state index in [0.29, 0.717) is 25.1 Å². The predicted molar refractivity (Wildman–Crippen MR) is 103 cm³/mol. The van der Waals surface area contributed by atoms with E-state index in [1.54, 1.807) is 36.3 Å². The van der Waals surface area contributed by atoms with Gasteiger partial charge in [-0.3, -0.25) is 14.6 Å². The molecule has 0 radical (unpaired) electrons. The number of aliphatic carboxylic acids is 1. The van der Waals surface area contributed by atoms with Crippen LogP contribution >= 0.6 is 0 Å². The SMILES string of the molecule is CN(CCCC(=O)O)C(=O)c1ccc(Cn2cc(-c3ccncc3)nn2)cc1. The number of benzene rings is 1. The molecule has 0 fully saturated rings. The minimum absolute atomic E-state index is 0.0515. The van der Waals surface area contributed by atoms with Crippen molar-refractivity contribution in [3.63, 3.8) is 0 Å². The van der Waals surface area contributed by atoms with E-state index in [1.165, 1.54) is 4.90 Å². The summed E-state index contributed by atoms with van der Waals surface area (Å²) in [4.78, 5) is 28.5. The fraction of sp³-hybridized carbons (Fsp3) is 0.250. The summed E-state index contributed by atoms with van der Waals surface area (Å²) in [6, 6.07) is 11.1. The van der Waals surface area contributed by atoms with Crippen molar-refractivity contribution in [2.45, 2.75) is 19.4 Å². The molecule has 0 saturated heterocycles. The smallest absolute Gasteiger partial charge is 0.303 e. The number of hydrogen-bond acceptors (Lipinski definition) is 5. The van der Waals surface area contributed by atoms with Crippen LogP contribution in [0, 0.1) is 0 Å². The van der Waals surface area contributed by atoms with Gasteiger partial charge in [0.1, 0.15) is 5.69 Å². The van der Waals surface area contributed by atoms with Crippen molar-refractivity contribution in [3.8, 4) is 11.3 Å². The van der Waals surface area contributed by atoms with Crippen molar-refractivity contribution in [2.75, 3.05) is 13.6 Å². The zero-order chi connectivity index (χ0) is 19.9. The Kier molecular flexibility index (Phi) is 6.11. The number of pyridine rings is 1. The molecule has 1 N–H and O–H groups in total. The van der Waals surface area contributed by atoms with Gasteiger partial charge in [-0.1, -0.05) is 17.3 Å². The number of carboxylic acid groups (broad SMARTS) is 1. The molecular formula is C20H21N5O3. The zero-order valence-corrected chi connectivity index (χ0v) is 15.5. The number of amides is 1. The molecule has 0 atom stereocenters. The van der Waals surface area contributed by atoms with Gasteiger partial charge in [0.2, 0.25) is 0 Å². The Morgan fingerprint density at radius 1 is 1.11 bits per heavy atom. The van der Waals surface area contributed by atoms with E-state index < -0.39 is 5.97 Å². The summed E-state index contributed by atoms with van der Waals surface area (Å²) in [5.74, 6) is -0.983. The fourth-order valence-corrected chi connectivity index (χ4v) is 2.76. The van der Waals surface area contributed by atoms with Crippen molar-refractivity contribution in [1.82, 2.24) is 24.9 Å². The average molecular weight is 379 g/mol. The minimum atomic E-state index is -0.856. The van der Waals surface area contributed by atoms with E-state index in [0.717, 1.165) is 16.8 Å². The fourth-order valence-electron chi connectivity index (χ4n) is 2.76. The summed E-state index contributed by atoms with van der Waals surface area (Å²) >= 11 is 0. The molecule has 3 rings (SSSR count). The van der Waals surface area contributed by atoms with E-state index in [-0.39, 0.29) is 12.3 Å². The molecule has 0 saturated carbocycles. The van der Waals surface area contributed by atoms with Crippen LogP contribution in [0.4, 0.5) is 0 Å². The largest absolute Gasteiger partial charge is 0.481 e. The monoisotopic (exact) mass is 379 g/mol. The van der Waals surface area contributed by atoms with Gasteiger partial charge in [0.25, 0.3) is 5.91 Å². The number of hydrogen-bond donors (Lipinski definition) is 1. The molecule has 0 bridgehead atoms. The second kappa shape index (κ2) is 8.90. The Hall–Kier alpha value is -3.55. The molecule has 1 aromatic carbocycles. The van der Waals surface area contributed by atoms with E-state index in [2.05, 4.69) is 15.3 Å². The molecule has 8 nitrogen and oxygen atoms in total. The average Bonchev–Trinajstić information content (AvgIpc) is 3.17. The van der Waals surface area contributed by atoms with Crippen LogP contribution < -0.4 is 0 Å². The Balaban J connectivity index is 1.59. The lowest BCUT2D eigenvalue weighted by Crippen LogP contribution is -2.28. The summed E-state index contributed by atoms with van der Waals surface area (Å²) in [6.07, 6.45) is 5.77. The molecule has 3 aromatic rings. The second-order valence-corrected chi connectivity index (χ2v) is 6.46. The molecule has 0 spiro atoms. The van der Waals surface area contributed by atoms with Crippen LogP contribution in [-0.4, -0.2) is 55.5 Å². The van der Waals surface area contributed by atoms with Gasteiger partial charge in [0.15, 0.2) is 0 Å². The maximum absolute atomic E-state index is 12.4. The lowest BCUT2D eigenvalue weighted by atomic mass is 10.1. The lowest BCUT2D eigenvalue weighted by molar-refractivity contribution is -0.137. The van der Waals surface area contributed by atoms with Crippen LogP contribution in [0.3, 0.4) is 0 Å². The van der Waals surface area contributed by atoms with Crippen molar-refractivity contribution in [2.24, 2.45) is 0 Å². The number of carbonyl (C=O) groups excluding carboxylic acids is 1. The Morgan fingerprint density at radius 3 is 2.50 bits per heavy atom. The van der Waals surface area contributed by atoms with Crippen LogP contribution in [0.25, 0.3) is 11.3 Å². The number of carboxylic acids is 1. The maximum Gasteiger partial charge on any atom is 0.303 e. The first-order valence-electron chi connectivity index (χ1n) is 8.89. The highest BCUT2D eigenvalue weighted by molar-refractivity contribution is 5.94. The molecule has 2 aromatic heterocycles. The zero-order valence-electron chi connectivity index (χ0n) is 15.5. The molecule has 144 valence electrons. The highest BCUT2D eigenvalue weighted by Crippen LogP contribution is 2.15. The van der Waals surface area contributed by atoms with Gasteiger partial charge in [0.05, 0.1) is 12.7 Å². The van der Waals surface area contributed by atoms with Crippen LogP contribution in [-0.2, 0) is 11.3 Å². The van der Waals surface area contributed by atoms with Crippen molar-refractivity contribution < 1.29 is 14.7 Å². The van der Waals surface area contributed by atoms with Crippen LogP contribution in [0.15, 0.2) is 55.0 Å². The molecule has 2 heterocycles. The molecule has 0 aliphatic heterocycles. The normalized spacial score (nSPS) is 10.6. The van der Waals surface area contributed by atoms with Gasteiger partial charge in [-0.2, -0.15) is 0 Å². The summed E-state index contributed by atoms with van der Waals surface area (Å²) in [5, 5.41) is 17.0. The highest BCUT2D eigenvalue weighted by Gasteiger charge is 2.12. The summed E-state index contributed by atoms with van der Waals surface area (Å²) < 4.78 is 1.74. The van der Waals surface area contributed by atoms with E-state index in [4.69, 9.17) is 5.11 Å². The van der Waals surface area contributed by atoms with E-state index >= 15 is 0 Å². The predicted octanol–water partition coefficient (Wildman–Crippen LogP) is 2.33. The molecular weight excluding hydrogens is 358 g/mol. The maximum atomic E-state index is 12.4. The Labute approximate surface area is 162 Å². The van der Waals surface area contributed by atoms with Gasteiger partial charge in [-0.05, 0) is 36.2 Å². The first-order valence-corrected chi connectivity index (χ1v) is 8.89. The van der Waals surface area contributed by atoms with Gasteiger partial charge in [0, 0.05) is 43.5 Å². The topological polar surface area (TPSA) is 101 Å². The van der Waals surface area contributed by atoms with Gasteiger partial charge < -0.3 is 10.0 Å². The number of carbonyl (C=O) groups is 2. The molecule has 0 unspecified atom stereocenters. The van der Waals surface area contributed by atoms with Crippen LogP contribution in [0.5, 0.6) is 0 Å². The molecule has 0 aliphatic rings. The van der Waals surface area contributed by atoms with Crippen molar-refractivity contribution in [1.29, 1.82) is 0 Å².